The van der Waals surface area contributed by atoms with E-state index >= 15 is 0 Å². The van der Waals surface area contributed by atoms with Gasteiger partial charge in [0.1, 0.15) is 0 Å². The van der Waals surface area contributed by atoms with Crippen LogP contribution in [0.3, 0.4) is 0 Å². The van der Waals surface area contributed by atoms with Crippen molar-refractivity contribution < 1.29 is 0 Å². The lowest BCUT2D eigenvalue weighted by Gasteiger charge is -2.38. The van der Waals surface area contributed by atoms with Gasteiger partial charge in [0.05, 0.1) is 0 Å². The highest BCUT2D eigenvalue weighted by molar-refractivity contribution is 5.29. The summed E-state index contributed by atoms with van der Waals surface area (Å²) in [7, 11) is 0. The van der Waals surface area contributed by atoms with Crippen LogP contribution >= 0.6 is 0 Å². The first-order chi connectivity index (χ1) is 8.14. The largest absolute Gasteiger partial charge is 0.317 e. The van der Waals surface area contributed by atoms with Gasteiger partial charge in [-0.25, -0.2) is 0 Å². The SMILES string of the molecule is CCc1ccc(C(C)(C)C2CCNCC2)cc1. The molecule has 1 aliphatic rings. The van der Waals surface area contributed by atoms with Crippen molar-refractivity contribution in [3.05, 3.63) is 35.4 Å². The van der Waals surface area contributed by atoms with Crippen LogP contribution in [0.4, 0.5) is 0 Å². The van der Waals surface area contributed by atoms with Crippen molar-refractivity contribution in [1.82, 2.24) is 5.32 Å². The molecule has 1 aromatic rings. The maximum Gasteiger partial charge on any atom is -0.00460 e. The fraction of sp³-hybridized carbons (Fsp3) is 0.625. The van der Waals surface area contributed by atoms with Crippen LogP contribution in [-0.4, -0.2) is 13.1 Å². The van der Waals surface area contributed by atoms with Gasteiger partial charge in [-0.1, -0.05) is 45.0 Å². The van der Waals surface area contributed by atoms with Crippen LogP contribution in [0.1, 0.15) is 44.7 Å². The molecule has 0 spiro atoms. The highest BCUT2D eigenvalue weighted by Gasteiger charge is 2.31. The van der Waals surface area contributed by atoms with Gasteiger partial charge in [-0.05, 0) is 54.8 Å². The fourth-order valence-corrected chi connectivity index (χ4v) is 2.95. The van der Waals surface area contributed by atoms with E-state index in [2.05, 4.69) is 50.4 Å². The van der Waals surface area contributed by atoms with Gasteiger partial charge in [-0.3, -0.25) is 0 Å². The Hall–Kier alpha value is -0.820. The third-order valence-corrected chi connectivity index (χ3v) is 4.47. The first-order valence-corrected chi connectivity index (χ1v) is 6.94. The summed E-state index contributed by atoms with van der Waals surface area (Å²) in [5.74, 6) is 0.816. The van der Waals surface area contributed by atoms with Gasteiger partial charge in [0.15, 0.2) is 0 Å². The number of hydrogen-bond donors (Lipinski definition) is 1. The van der Waals surface area contributed by atoms with Crippen LogP contribution in [0.5, 0.6) is 0 Å². The van der Waals surface area contributed by atoms with E-state index in [0.717, 1.165) is 12.3 Å². The average Bonchev–Trinajstić information content (AvgIpc) is 2.40. The smallest absolute Gasteiger partial charge is 0.00460 e. The molecule has 2 rings (SSSR count). The second kappa shape index (κ2) is 5.22. The predicted molar refractivity (Wildman–Crippen MR) is 74.4 cm³/mol. The number of piperidine rings is 1. The molecule has 0 aromatic heterocycles. The minimum atomic E-state index is 0.314. The normalized spacial score (nSPS) is 18.3. The molecule has 0 atom stereocenters. The molecule has 1 aliphatic heterocycles. The minimum Gasteiger partial charge on any atom is -0.317 e. The summed E-state index contributed by atoms with van der Waals surface area (Å²) in [5.41, 5.74) is 3.26. The summed E-state index contributed by atoms with van der Waals surface area (Å²) in [6, 6.07) is 9.25. The Morgan fingerprint density at radius 2 is 1.71 bits per heavy atom. The minimum absolute atomic E-state index is 0.314. The van der Waals surface area contributed by atoms with E-state index in [1.165, 1.54) is 37.1 Å². The molecular weight excluding hydrogens is 206 g/mol. The Balaban J connectivity index is 2.17. The van der Waals surface area contributed by atoms with Gasteiger partial charge in [-0.2, -0.15) is 0 Å². The number of hydrogen-bond acceptors (Lipinski definition) is 1. The van der Waals surface area contributed by atoms with Crippen molar-refractivity contribution >= 4 is 0 Å². The van der Waals surface area contributed by atoms with Crippen molar-refractivity contribution in [3.63, 3.8) is 0 Å². The molecule has 0 bridgehead atoms. The molecule has 0 radical (unpaired) electrons. The number of benzene rings is 1. The van der Waals surface area contributed by atoms with Gasteiger partial charge in [0, 0.05) is 0 Å². The zero-order valence-electron chi connectivity index (χ0n) is 11.4. The van der Waals surface area contributed by atoms with Crippen molar-refractivity contribution in [3.8, 4) is 0 Å². The Morgan fingerprint density at radius 3 is 2.24 bits per heavy atom. The summed E-state index contributed by atoms with van der Waals surface area (Å²) in [5, 5.41) is 3.46. The summed E-state index contributed by atoms with van der Waals surface area (Å²) < 4.78 is 0. The third-order valence-electron chi connectivity index (χ3n) is 4.47. The summed E-state index contributed by atoms with van der Waals surface area (Å²) in [4.78, 5) is 0. The second-order valence-electron chi connectivity index (χ2n) is 5.80. The average molecular weight is 231 g/mol. The zero-order valence-corrected chi connectivity index (χ0v) is 11.4. The molecule has 1 aromatic carbocycles. The van der Waals surface area contributed by atoms with Crippen molar-refractivity contribution in [1.29, 1.82) is 0 Å². The van der Waals surface area contributed by atoms with Crippen molar-refractivity contribution in [2.24, 2.45) is 5.92 Å². The lowest BCUT2D eigenvalue weighted by Crippen LogP contribution is -2.38. The molecule has 1 N–H and O–H groups in total. The lowest BCUT2D eigenvalue weighted by atomic mass is 9.69. The molecule has 0 aliphatic carbocycles. The van der Waals surface area contributed by atoms with E-state index in [9.17, 15) is 0 Å². The maximum atomic E-state index is 3.46. The third kappa shape index (κ3) is 2.71. The highest BCUT2D eigenvalue weighted by Crippen LogP contribution is 2.36. The molecule has 1 saturated heterocycles. The molecule has 1 nitrogen and oxygen atoms in total. The highest BCUT2D eigenvalue weighted by atomic mass is 14.9. The van der Waals surface area contributed by atoms with Crippen LogP contribution in [0.2, 0.25) is 0 Å². The summed E-state index contributed by atoms with van der Waals surface area (Å²) >= 11 is 0. The first-order valence-electron chi connectivity index (χ1n) is 6.94. The quantitative estimate of drug-likeness (QED) is 0.839. The number of rotatable bonds is 3. The van der Waals surface area contributed by atoms with E-state index in [1.54, 1.807) is 0 Å². The standard InChI is InChI=1S/C16H25N/c1-4-13-5-7-14(8-6-13)16(2,3)15-9-11-17-12-10-15/h5-8,15,17H,4,9-12H2,1-3H3. The van der Waals surface area contributed by atoms with E-state index in [4.69, 9.17) is 0 Å². The zero-order chi connectivity index (χ0) is 12.3. The molecule has 1 fully saturated rings. The molecule has 1 heteroatoms. The van der Waals surface area contributed by atoms with Crippen molar-refractivity contribution in [2.45, 2.75) is 45.4 Å². The Labute approximate surface area is 106 Å². The second-order valence-corrected chi connectivity index (χ2v) is 5.80. The van der Waals surface area contributed by atoms with Crippen molar-refractivity contribution in [2.75, 3.05) is 13.1 Å². The Kier molecular flexibility index (Phi) is 3.88. The first kappa shape index (κ1) is 12.6. The van der Waals surface area contributed by atoms with Gasteiger partial charge in [-0.15, -0.1) is 0 Å². The Bertz CT molecular complexity index is 344. The molecule has 94 valence electrons. The van der Waals surface area contributed by atoms with Crippen LogP contribution in [0, 0.1) is 5.92 Å². The van der Waals surface area contributed by atoms with Gasteiger partial charge >= 0.3 is 0 Å². The Morgan fingerprint density at radius 1 is 1.12 bits per heavy atom. The molecular formula is C16H25N. The fourth-order valence-electron chi connectivity index (χ4n) is 2.95. The molecule has 1 heterocycles. The van der Waals surface area contributed by atoms with Crippen LogP contribution in [-0.2, 0) is 11.8 Å². The van der Waals surface area contributed by atoms with Gasteiger partial charge in [0.25, 0.3) is 0 Å². The van der Waals surface area contributed by atoms with Gasteiger partial charge < -0.3 is 5.32 Å². The monoisotopic (exact) mass is 231 g/mol. The maximum absolute atomic E-state index is 3.46. The van der Waals surface area contributed by atoms with E-state index < -0.39 is 0 Å². The molecule has 0 unspecified atom stereocenters. The number of nitrogens with one attached hydrogen (secondary N) is 1. The molecule has 0 amide bonds. The van der Waals surface area contributed by atoms with Crippen LogP contribution in [0.15, 0.2) is 24.3 Å². The van der Waals surface area contributed by atoms with Crippen LogP contribution < -0.4 is 5.32 Å². The van der Waals surface area contributed by atoms with E-state index in [1.807, 2.05) is 0 Å². The van der Waals surface area contributed by atoms with E-state index in [-0.39, 0.29) is 0 Å². The van der Waals surface area contributed by atoms with Crippen LogP contribution in [0.25, 0.3) is 0 Å². The lowest BCUT2D eigenvalue weighted by molar-refractivity contribution is 0.247. The predicted octanol–water partition coefficient (Wildman–Crippen LogP) is 3.53. The molecule has 17 heavy (non-hydrogen) atoms. The van der Waals surface area contributed by atoms with E-state index in [0.29, 0.717) is 5.41 Å². The van der Waals surface area contributed by atoms with Gasteiger partial charge in [0.2, 0.25) is 0 Å². The summed E-state index contributed by atoms with van der Waals surface area (Å²) in [6.45, 7) is 9.39. The summed E-state index contributed by atoms with van der Waals surface area (Å²) in [6.07, 6.45) is 3.75. The number of aryl methyl sites for hydroxylation is 1. The topological polar surface area (TPSA) is 12.0 Å². The molecule has 0 saturated carbocycles.